The molecule has 9 nitrogen and oxygen atoms in total. The molecule has 0 aliphatic heterocycles. The second kappa shape index (κ2) is 8.49. The Morgan fingerprint density at radius 1 is 1.09 bits per heavy atom. The van der Waals surface area contributed by atoms with Crippen molar-refractivity contribution >= 4 is 28.1 Å². The Labute approximate surface area is 195 Å². The summed E-state index contributed by atoms with van der Waals surface area (Å²) in [5.41, 5.74) is 1.52. The zero-order valence-electron chi connectivity index (χ0n) is 17.8. The monoisotopic (exact) mass is 472 g/mol. The van der Waals surface area contributed by atoms with E-state index in [2.05, 4.69) is 10.1 Å². The van der Waals surface area contributed by atoms with Crippen molar-refractivity contribution in [3.8, 4) is 11.3 Å². The van der Waals surface area contributed by atoms with Crippen LogP contribution >= 0.6 is 11.3 Å². The third-order valence-corrected chi connectivity index (χ3v) is 6.17. The molecule has 168 valence electrons. The van der Waals surface area contributed by atoms with Crippen molar-refractivity contribution in [3.05, 3.63) is 119 Å². The molecule has 0 spiro atoms. The quantitative estimate of drug-likeness (QED) is 0.285. The van der Waals surface area contributed by atoms with Crippen LogP contribution in [0.3, 0.4) is 0 Å². The molecule has 34 heavy (non-hydrogen) atoms. The molecule has 0 aliphatic carbocycles. The predicted octanol–water partition coefficient (Wildman–Crippen LogP) is 3.13. The summed E-state index contributed by atoms with van der Waals surface area (Å²) in [6.45, 7) is 1.97. The van der Waals surface area contributed by atoms with Gasteiger partial charge in [-0.25, -0.2) is 0 Å². The van der Waals surface area contributed by atoms with E-state index in [0.29, 0.717) is 17.1 Å². The minimum atomic E-state index is -0.481. The normalized spacial score (nSPS) is 11.9. The lowest BCUT2D eigenvalue weighted by atomic mass is 10.1. The van der Waals surface area contributed by atoms with E-state index in [1.807, 2.05) is 31.2 Å². The fraction of sp³-hybridized carbons (Fsp3) is 0.0833. The van der Waals surface area contributed by atoms with Gasteiger partial charge in [0.1, 0.15) is 21.7 Å². The fourth-order valence-electron chi connectivity index (χ4n) is 3.50. The number of aromatic nitrogens is 3. The van der Waals surface area contributed by atoms with E-state index in [1.54, 1.807) is 30.3 Å². The molecule has 2 aromatic carbocycles. The number of fused-ring (bicyclic) bond motifs is 1. The van der Waals surface area contributed by atoms with Gasteiger partial charge in [0.2, 0.25) is 4.96 Å². The molecular weight excluding hydrogens is 456 g/mol. The lowest BCUT2D eigenvalue weighted by Gasteiger charge is -2.01. The van der Waals surface area contributed by atoms with Crippen LogP contribution in [0.25, 0.3) is 22.4 Å². The van der Waals surface area contributed by atoms with Crippen LogP contribution in [0.5, 0.6) is 0 Å². The average molecular weight is 472 g/mol. The molecule has 0 bridgehead atoms. The van der Waals surface area contributed by atoms with Crippen molar-refractivity contribution in [2.24, 2.45) is 0 Å². The van der Waals surface area contributed by atoms with Crippen molar-refractivity contribution in [2.75, 3.05) is 0 Å². The largest absolute Gasteiger partial charge is 0.456 e. The topological polar surface area (TPSA) is 121 Å². The number of nitro groups is 1. The third kappa shape index (κ3) is 4.02. The van der Waals surface area contributed by atoms with Crippen LogP contribution in [0.1, 0.15) is 22.6 Å². The summed E-state index contributed by atoms with van der Waals surface area (Å²) >= 11 is 1.02. The van der Waals surface area contributed by atoms with Gasteiger partial charge in [0.15, 0.2) is 0 Å². The Morgan fingerprint density at radius 2 is 1.85 bits per heavy atom. The Morgan fingerprint density at radius 3 is 2.62 bits per heavy atom. The van der Waals surface area contributed by atoms with Crippen LogP contribution in [0.4, 0.5) is 5.69 Å². The molecule has 5 aromatic rings. The van der Waals surface area contributed by atoms with E-state index in [-0.39, 0.29) is 27.3 Å². The van der Waals surface area contributed by atoms with Crippen molar-refractivity contribution < 1.29 is 9.34 Å². The van der Waals surface area contributed by atoms with Gasteiger partial charge in [-0.3, -0.25) is 19.7 Å². The number of furan rings is 1. The molecule has 0 atom stereocenters. The molecule has 0 saturated carbocycles. The van der Waals surface area contributed by atoms with Crippen LogP contribution in [0, 0.1) is 17.0 Å². The Kier molecular flexibility index (Phi) is 5.34. The number of benzene rings is 2. The van der Waals surface area contributed by atoms with Gasteiger partial charge in [-0.1, -0.05) is 53.3 Å². The second-order valence-corrected chi connectivity index (χ2v) is 8.62. The summed E-state index contributed by atoms with van der Waals surface area (Å²) in [5, 5.41) is 15.5. The maximum absolute atomic E-state index is 12.9. The minimum absolute atomic E-state index is 0.0807. The molecule has 3 heterocycles. The van der Waals surface area contributed by atoms with Crippen LogP contribution in [0.2, 0.25) is 0 Å². The third-order valence-electron chi connectivity index (χ3n) is 5.21. The zero-order chi connectivity index (χ0) is 23.8. The van der Waals surface area contributed by atoms with Crippen molar-refractivity contribution in [1.82, 2.24) is 14.6 Å². The standard InChI is InChI=1S/C24H16N4O5S/c1-14-6-8-15(9-7-14)12-18-22(29)25-24-27(26-18)23(30)21(34-24)13-16-10-11-20(33-16)17-4-2-3-5-19(17)28(31)32/h2-11,13H,12H2,1H3. The highest BCUT2D eigenvalue weighted by Crippen LogP contribution is 2.30. The van der Waals surface area contributed by atoms with E-state index >= 15 is 0 Å². The molecule has 0 fully saturated rings. The summed E-state index contributed by atoms with van der Waals surface area (Å²) in [6.07, 6.45) is 1.77. The highest BCUT2D eigenvalue weighted by atomic mass is 32.1. The highest BCUT2D eigenvalue weighted by molar-refractivity contribution is 7.15. The van der Waals surface area contributed by atoms with Crippen molar-refractivity contribution in [1.29, 1.82) is 0 Å². The smallest absolute Gasteiger partial charge is 0.296 e. The number of nitrogens with zero attached hydrogens (tertiary/aromatic N) is 4. The molecule has 0 aliphatic rings. The molecule has 3 aromatic heterocycles. The van der Waals surface area contributed by atoms with E-state index in [1.165, 1.54) is 12.1 Å². The molecule has 0 N–H and O–H groups in total. The Balaban J connectivity index is 1.53. The Bertz CT molecular complexity index is 1720. The van der Waals surface area contributed by atoms with Gasteiger partial charge in [-0.05, 0) is 30.7 Å². The summed E-state index contributed by atoms with van der Waals surface area (Å²) in [5.74, 6) is 0.637. The first-order valence-corrected chi connectivity index (χ1v) is 11.0. The van der Waals surface area contributed by atoms with Gasteiger partial charge in [0, 0.05) is 18.6 Å². The highest BCUT2D eigenvalue weighted by Gasteiger charge is 2.17. The zero-order valence-corrected chi connectivity index (χ0v) is 18.6. The number of aryl methyl sites for hydroxylation is 1. The van der Waals surface area contributed by atoms with Crippen LogP contribution < -0.4 is 15.7 Å². The number of hydrogen-bond acceptors (Lipinski definition) is 8. The molecule has 0 radical (unpaired) electrons. The van der Waals surface area contributed by atoms with E-state index in [9.17, 15) is 19.7 Å². The van der Waals surface area contributed by atoms with E-state index in [0.717, 1.165) is 27.0 Å². The van der Waals surface area contributed by atoms with E-state index < -0.39 is 16.0 Å². The van der Waals surface area contributed by atoms with Crippen molar-refractivity contribution in [3.63, 3.8) is 0 Å². The SMILES string of the molecule is Cc1ccc(Cc2nn3c(=O)c(=Cc4ccc(-c5ccccc5[N+](=O)[O-])o4)sc3nc2=O)cc1. The fourth-order valence-corrected chi connectivity index (χ4v) is 4.38. The van der Waals surface area contributed by atoms with E-state index in [4.69, 9.17) is 4.42 Å². The summed E-state index contributed by atoms with van der Waals surface area (Å²) in [7, 11) is 0. The maximum Gasteiger partial charge on any atom is 0.296 e. The summed E-state index contributed by atoms with van der Waals surface area (Å²) in [6, 6.07) is 17.2. The number of hydrogen-bond donors (Lipinski definition) is 0. The lowest BCUT2D eigenvalue weighted by Crippen LogP contribution is -2.28. The molecule has 5 rings (SSSR count). The van der Waals surface area contributed by atoms with Crippen LogP contribution in [-0.2, 0) is 6.42 Å². The van der Waals surface area contributed by atoms with Crippen LogP contribution in [0.15, 0.2) is 74.7 Å². The molecule has 10 heteroatoms. The lowest BCUT2D eigenvalue weighted by molar-refractivity contribution is -0.384. The number of thiazole rings is 1. The first-order valence-electron chi connectivity index (χ1n) is 10.2. The second-order valence-electron chi connectivity index (χ2n) is 7.61. The molecular formula is C24H16N4O5S. The van der Waals surface area contributed by atoms with Gasteiger partial charge >= 0.3 is 0 Å². The maximum atomic E-state index is 12.9. The van der Waals surface area contributed by atoms with Gasteiger partial charge in [0.05, 0.1) is 10.5 Å². The van der Waals surface area contributed by atoms with Crippen LogP contribution in [-0.4, -0.2) is 19.5 Å². The number of rotatable bonds is 5. The molecule has 0 unspecified atom stereocenters. The van der Waals surface area contributed by atoms with Gasteiger partial charge in [0.25, 0.3) is 16.8 Å². The van der Waals surface area contributed by atoms with Crippen molar-refractivity contribution in [2.45, 2.75) is 13.3 Å². The Hall–Kier alpha value is -4.44. The van der Waals surface area contributed by atoms with Gasteiger partial charge in [-0.2, -0.15) is 14.6 Å². The van der Waals surface area contributed by atoms with Gasteiger partial charge < -0.3 is 4.42 Å². The average Bonchev–Trinajstić information content (AvgIpc) is 3.40. The minimum Gasteiger partial charge on any atom is -0.456 e. The molecule has 0 saturated heterocycles. The summed E-state index contributed by atoms with van der Waals surface area (Å²) in [4.78, 5) is 40.4. The predicted molar refractivity (Wildman–Crippen MR) is 127 cm³/mol. The first kappa shape index (κ1) is 21.4. The number of nitro benzene ring substituents is 1. The summed E-state index contributed by atoms with van der Waals surface area (Å²) < 4.78 is 7.14. The van der Waals surface area contributed by atoms with Gasteiger partial charge in [-0.15, -0.1) is 0 Å². The first-order chi connectivity index (χ1) is 16.4. The molecule has 0 amide bonds. The number of para-hydroxylation sites is 1.